The highest BCUT2D eigenvalue weighted by atomic mass is 16.3. The van der Waals surface area contributed by atoms with Gasteiger partial charge in [-0.15, -0.1) is 0 Å². The second-order valence-electron chi connectivity index (χ2n) is 7.48. The number of hydrogen-bond acceptors (Lipinski definition) is 3. The Bertz CT molecular complexity index is 604. The van der Waals surface area contributed by atoms with Gasteiger partial charge in [0.1, 0.15) is 0 Å². The van der Waals surface area contributed by atoms with E-state index in [4.69, 9.17) is 0 Å². The summed E-state index contributed by atoms with van der Waals surface area (Å²) in [6, 6.07) is 10.3. The average Bonchev–Trinajstić information content (AvgIpc) is 3.06. The Balaban J connectivity index is 1.59. The maximum absolute atomic E-state index is 12.6. The molecule has 2 heterocycles. The van der Waals surface area contributed by atoms with Gasteiger partial charge in [0.25, 0.3) is 0 Å². The molecule has 2 aliphatic rings. The lowest BCUT2D eigenvalue weighted by atomic mass is 9.76. The van der Waals surface area contributed by atoms with Gasteiger partial charge >= 0.3 is 0 Å². The molecular weight excluding hydrogens is 316 g/mol. The highest BCUT2D eigenvalue weighted by molar-refractivity contribution is 5.86. The molecule has 136 valence electrons. The van der Waals surface area contributed by atoms with Crippen molar-refractivity contribution in [2.24, 2.45) is 5.41 Å². The summed E-state index contributed by atoms with van der Waals surface area (Å²) >= 11 is 0. The van der Waals surface area contributed by atoms with E-state index >= 15 is 0 Å². The van der Waals surface area contributed by atoms with Gasteiger partial charge in [-0.2, -0.15) is 0 Å². The van der Waals surface area contributed by atoms with Gasteiger partial charge in [-0.1, -0.05) is 30.3 Å². The molecule has 2 aliphatic heterocycles. The molecule has 0 aliphatic carbocycles. The van der Waals surface area contributed by atoms with Crippen LogP contribution in [0.4, 0.5) is 0 Å². The standard InChI is InChI=1S/C20H28N2O3/c23-16-20(11-9-17-6-2-1-3-7-17)10-5-13-22(15-20)19(25)14-21-12-4-8-18(21)24/h1-3,6-7,23H,4-5,8-16H2. The first-order valence-corrected chi connectivity index (χ1v) is 9.32. The molecule has 1 aromatic rings. The number of rotatable bonds is 6. The lowest BCUT2D eigenvalue weighted by Crippen LogP contribution is -2.50. The second-order valence-corrected chi connectivity index (χ2v) is 7.48. The van der Waals surface area contributed by atoms with E-state index in [1.807, 2.05) is 23.1 Å². The van der Waals surface area contributed by atoms with Crippen molar-refractivity contribution in [3.05, 3.63) is 35.9 Å². The molecule has 0 saturated carbocycles. The molecule has 2 fully saturated rings. The van der Waals surface area contributed by atoms with Gasteiger partial charge in [0.15, 0.2) is 0 Å². The van der Waals surface area contributed by atoms with Crippen LogP contribution in [0.2, 0.25) is 0 Å². The number of likely N-dealkylation sites (tertiary alicyclic amines) is 2. The third kappa shape index (κ3) is 4.40. The minimum Gasteiger partial charge on any atom is -0.396 e. The number of amides is 2. The van der Waals surface area contributed by atoms with Crippen LogP contribution >= 0.6 is 0 Å². The molecule has 0 bridgehead atoms. The zero-order chi connectivity index (χ0) is 17.7. The highest BCUT2D eigenvalue weighted by Crippen LogP contribution is 2.34. The Labute approximate surface area is 149 Å². The highest BCUT2D eigenvalue weighted by Gasteiger charge is 2.37. The van der Waals surface area contributed by atoms with Crippen molar-refractivity contribution in [1.29, 1.82) is 0 Å². The molecule has 1 atom stereocenters. The van der Waals surface area contributed by atoms with Crippen LogP contribution in [0.1, 0.15) is 37.7 Å². The average molecular weight is 344 g/mol. The summed E-state index contributed by atoms with van der Waals surface area (Å²) in [7, 11) is 0. The summed E-state index contributed by atoms with van der Waals surface area (Å²) in [5, 5.41) is 10.0. The molecule has 3 rings (SSSR count). The van der Waals surface area contributed by atoms with E-state index in [0.29, 0.717) is 19.5 Å². The molecule has 1 N–H and O–H groups in total. The van der Waals surface area contributed by atoms with E-state index in [9.17, 15) is 14.7 Å². The van der Waals surface area contributed by atoms with Gasteiger partial charge in [-0.3, -0.25) is 9.59 Å². The van der Waals surface area contributed by atoms with Gasteiger partial charge in [0.2, 0.25) is 11.8 Å². The number of aliphatic hydroxyl groups excluding tert-OH is 1. The minimum atomic E-state index is -0.223. The maximum Gasteiger partial charge on any atom is 0.242 e. The number of nitrogens with zero attached hydrogens (tertiary/aromatic N) is 2. The van der Waals surface area contributed by atoms with Crippen molar-refractivity contribution in [1.82, 2.24) is 9.80 Å². The molecular formula is C20H28N2O3. The van der Waals surface area contributed by atoms with E-state index in [-0.39, 0.29) is 30.4 Å². The van der Waals surface area contributed by atoms with E-state index in [1.54, 1.807) is 4.90 Å². The van der Waals surface area contributed by atoms with Crippen LogP contribution < -0.4 is 0 Å². The Hall–Kier alpha value is -1.88. The van der Waals surface area contributed by atoms with Crippen LogP contribution in [0.25, 0.3) is 0 Å². The number of carbonyl (C=O) groups excluding carboxylic acids is 2. The summed E-state index contributed by atoms with van der Waals surface area (Å²) < 4.78 is 0. The maximum atomic E-state index is 12.6. The van der Waals surface area contributed by atoms with E-state index < -0.39 is 0 Å². The van der Waals surface area contributed by atoms with Crippen LogP contribution in [0.5, 0.6) is 0 Å². The van der Waals surface area contributed by atoms with Gasteiger partial charge in [-0.25, -0.2) is 0 Å². The van der Waals surface area contributed by atoms with Gasteiger partial charge in [0.05, 0.1) is 13.2 Å². The topological polar surface area (TPSA) is 60.9 Å². The minimum absolute atomic E-state index is 0.0208. The Morgan fingerprint density at radius 2 is 1.96 bits per heavy atom. The molecule has 25 heavy (non-hydrogen) atoms. The van der Waals surface area contributed by atoms with Crippen molar-refractivity contribution in [2.45, 2.75) is 38.5 Å². The van der Waals surface area contributed by atoms with Crippen LogP contribution in [-0.4, -0.2) is 59.5 Å². The molecule has 1 aromatic carbocycles. The van der Waals surface area contributed by atoms with Crippen LogP contribution in [0.15, 0.2) is 30.3 Å². The first-order chi connectivity index (χ1) is 12.1. The summed E-state index contributed by atoms with van der Waals surface area (Å²) in [6.45, 7) is 2.31. The predicted molar refractivity (Wildman–Crippen MR) is 95.9 cm³/mol. The van der Waals surface area contributed by atoms with Crippen molar-refractivity contribution in [3.8, 4) is 0 Å². The quantitative estimate of drug-likeness (QED) is 0.857. The zero-order valence-electron chi connectivity index (χ0n) is 14.8. The first kappa shape index (κ1) is 17.9. The number of carbonyl (C=O) groups is 2. The molecule has 0 radical (unpaired) electrons. The molecule has 5 heteroatoms. The van der Waals surface area contributed by atoms with Gasteiger partial charge in [0, 0.05) is 31.5 Å². The fourth-order valence-corrected chi connectivity index (χ4v) is 4.02. The largest absolute Gasteiger partial charge is 0.396 e. The van der Waals surface area contributed by atoms with E-state index in [1.165, 1.54) is 5.56 Å². The Kier molecular flexibility index (Phi) is 5.74. The van der Waals surface area contributed by atoms with Gasteiger partial charge < -0.3 is 14.9 Å². The van der Waals surface area contributed by atoms with Crippen molar-refractivity contribution < 1.29 is 14.7 Å². The van der Waals surface area contributed by atoms with Crippen LogP contribution in [0.3, 0.4) is 0 Å². The van der Waals surface area contributed by atoms with Crippen molar-refractivity contribution in [3.63, 3.8) is 0 Å². The number of aliphatic hydroxyl groups is 1. The number of aryl methyl sites for hydroxylation is 1. The lowest BCUT2D eigenvalue weighted by molar-refractivity contribution is -0.141. The number of hydrogen-bond donors (Lipinski definition) is 1. The molecule has 2 amide bonds. The Morgan fingerprint density at radius 1 is 1.16 bits per heavy atom. The summed E-state index contributed by atoms with van der Waals surface area (Å²) in [5.41, 5.74) is 1.04. The monoisotopic (exact) mass is 344 g/mol. The predicted octanol–water partition coefficient (Wildman–Crippen LogP) is 1.84. The smallest absolute Gasteiger partial charge is 0.242 e. The summed E-state index contributed by atoms with van der Waals surface area (Å²) in [4.78, 5) is 27.9. The molecule has 5 nitrogen and oxygen atoms in total. The number of piperidine rings is 1. The number of benzene rings is 1. The fourth-order valence-electron chi connectivity index (χ4n) is 4.02. The van der Waals surface area contributed by atoms with Crippen LogP contribution in [-0.2, 0) is 16.0 Å². The molecule has 1 unspecified atom stereocenters. The molecule has 0 spiro atoms. The third-order valence-electron chi connectivity index (χ3n) is 5.63. The lowest BCUT2D eigenvalue weighted by Gasteiger charge is -2.42. The fraction of sp³-hybridized carbons (Fsp3) is 0.600. The Morgan fingerprint density at radius 3 is 2.64 bits per heavy atom. The molecule has 2 saturated heterocycles. The van der Waals surface area contributed by atoms with Crippen LogP contribution in [0, 0.1) is 5.41 Å². The zero-order valence-corrected chi connectivity index (χ0v) is 14.8. The summed E-state index contributed by atoms with van der Waals surface area (Å²) in [6.07, 6.45) is 5.06. The normalized spacial score (nSPS) is 24.0. The summed E-state index contributed by atoms with van der Waals surface area (Å²) in [5.74, 6) is 0.107. The van der Waals surface area contributed by atoms with E-state index in [0.717, 1.165) is 38.6 Å². The van der Waals surface area contributed by atoms with Gasteiger partial charge in [-0.05, 0) is 37.7 Å². The van der Waals surface area contributed by atoms with Crippen molar-refractivity contribution >= 4 is 11.8 Å². The SMILES string of the molecule is O=C1CCCN1CC(=O)N1CCCC(CO)(CCc2ccccc2)C1. The molecule has 0 aromatic heterocycles. The third-order valence-corrected chi connectivity index (χ3v) is 5.63. The first-order valence-electron chi connectivity index (χ1n) is 9.32. The van der Waals surface area contributed by atoms with E-state index in [2.05, 4.69) is 12.1 Å². The second kappa shape index (κ2) is 8.00. The van der Waals surface area contributed by atoms with Crippen molar-refractivity contribution in [2.75, 3.05) is 32.8 Å².